The summed E-state index contributed by atoms with van der Waals surface area (Å²) in [6, 6.07) is 7.10. The molecule has 1 aliphatic heterocycles. The number of carbonyl (C=O) groups excluding carboxylic acids is 3. The minimum Gasteiger partial charge on any atom is -0.483 e. The summed E-state index contributed by atoms with van der Waals surface area (Å²) in [5.74, 6) is -0.129. The summed E-state index contributed by atoms with van der Waals surface area (Å²) >= 11 is 0. The molecule has 2 unspecified atom stereocenters. The molecule has 2 atom stereocenters. The van der Waals surface area contributed by atoms with Crippen LogP contribution in [0.5, 0.6) is 5.75 Å². The van der Waals surface area contributed by atoms with Crippen molar-refractivity contribution in [1.82, 2.24) is 15.5 Å². The summed E-state index contributed by atoms with van der Waals surface area (Å²) in [5.41, 5.74) is 0.819. The molecule has 2 N–H and O–H groups in total. The largest absolute Gasteiger partial charge is 0.483 e. The van der Waals surface area contributed by atoms with Gasteiger partial charge in [-0.15, -0.1) is 0 Å². The fourth-order valence-electron chi connectivity index (χ4n) is 2.84. The van der Waals surface area contributed by atoms with Crippen LogP contribution in [0.2, 0.25) is 0 Å². The molecule has 1 aromatic carbocycles. The van der Waals surface area contributed by atoms with Crippen molar-refractivity contribution < 1.29 is 19.1 Å². The molecule has 0 aliphatic carbocycles. The first kappa shape index (κ1) is 18.8. The summed E-state index contributed by atoms with van der Waals surface area (Å²) < 4.78 is 5.59. The lowest BCUT2D eigenvalue weighted by molar-refractivity contribution is -0.128. The summed E-state index contributed by atoms with van der Waals surface area (Å²) in [7, 11) is 3.25. The predicted molar refractivity (Wildman–Crippen MR) is 92.9 cm³/mol. The third-order valence-electron chi connectivity index (χ3n) is 4.37. The molecule has 1 heterocycles. The van der Waals surface area contributed by atoms with E-state index >= 15 is 0 Å². The van der Waals surface area contributed by atoms with Crippen LogP contribution >= 0.6 is 0 Å². The quantitative estimate of drug-likeness (QED) is 0.766. The maximum Gasteiger partial charge on any atom is 0.257 e. The molecule has 0 bridgehead atoms. The number of carbonyl (C=O) groups is 3. The van der Waals surface area contributed by atoms with Crippen LogP contribution in [-0.4, -0.2) is 49.9 Å². The van der Waals surface area contributed by atoms with Crippen molar-refractivity contribution >= 4 is 17.7 Å². The molecule has 1 aromatic rings. The Bertz CT molecular complexity index is 647. The van der Waals surface area contributed by atoms with Gasteiger partial charge in [0, 0.05) is 32.6 Å². The van der Waals surface area contributed by atoms with Gasteiger partial charge in [0.05, 0.1) is 12.0 Å². The third kappa shape index (κ3) is 4.71. The maximum atomic E-state index is 12.5. The second-order valence-corrected chi connectivity index (χ2v) is 6.14. The molecule has 25 heavy (non-hydrogen) atoms. The Labute approximate surface area is 147 Å². The van der Waals surface area contributed by atoms with Gasteiger partial charge in [-0.1, -0.05) is 25.1 Å². The molecule has 7 heteroatoms. The predicted octanol–water partition coefficient (Wildman–Crippen LogP) is 0.857. The van der Waals surface area contributed by atoms with Crippen molar-refractivity contribution in [2.75, 3.05) is 27.2 Å². The number of benzene rings is 1. The zero-order valence-electron chi connectivity index (χ0n) is 14.9. The van der Waals surface area contributed by atoms with Crippen LogP contribution < -0.4 is 15.4 Å². The van der Waals surface area contributed by atoms with E-state index in [4.69, 9.17) is 4.74 Å². The molecule has 1 fully saturated rings. The molecule has 7 nitrogen and oxygen atoms in total. The third-order valence-corrected chi connectivity index (χ3v) is 4.37. The molecule has 2 rings (SSSR count). The number of para-hydroxylation sites is 1. The molecule has 1 saturated heterocycles. The smallest absolute Gasteiger partial charge is 0.257 e. The van der Waals surface area contributed by atoms with E-state index in [2.05, 4.69) is 10.6 Å². The second-order valence-electron chi connectivity index (χ2n) is 6.14. The Morgan fingerprint density at radius 1 is 1.36 bits per heavy atom. The van der Waals surface area contributed by atoms with Gasteiger partial charge in [-0.25, -0.2) is 0 Å². The normalized spacial score (nSPS) is 18.0. The number of likely N-dealkylation sites (tertiary alicyclic amines) is 1. The Kier molecular flexibility index (Phi) is 6.38. The Morgan fingerprint density at radius 3 is 2.68 bits per heavy atom. The first-order chi connectivity index (χ1) is 12.0. The summed E-state index contributed by atoms with van der Waals surface area (Å²) in [4.78, 5) is 37.1. The van der Waals surface area contributed by atoms with E-state index in [0.29, 0.717) is 18.7 Å². The zero-order valence-corrected chi connectivity index (χ0v) is 14.9. The highest BCUT2D eigenvalue weighted by Crippen LogP contribution is 2.28. The van der Waals surface area contributed by atoms with E-state index in [1.54, 1.807) is 25.1 Å². The Morgan fingerprint density at radius 2 is 2.08 bits per heavy atom. The van der Waals surface area contributed by atoms with Crippen molar-refractivity contribution in [1.29, 1.82) is 0 Å². The number of rotatable bonds is 7. The van der Waals surface area contributed by atoms with Gasteiger partial charge < -0.3 is 20.3 Å². The molecule has 0 radical (unpaired) electrons. The maximum absolute atomic E-state index is 12.5. The molecule has 0 saturated carbocycles. The minimum atomic E-state index is -0.328. The Hall–Kier alpha value is -2.57. The monoisotopic (exact) mass is 347 g/mol. The lowest BCUT2D eigenvalue weighted by Crippen LogP contribution is -2.35. The van der Waals surface area contributed by atoms with E-state index < -0.39 is 0 Å². The minimum absolute atomic E-state index is 0.0116. The molecule has 3 amide bonds. The summed E-state index contributed by atoms with van der Waals surface area (Å²) in [5, 5.41) is 5.51. The van der Waals surface area contributed by atoms with Crippen molar-refractivity contribution in [2.45, 2.75) is 25.8 Å². The van der Waals surface area contributed by atoms with Gasteiger partial charge in [-0.05, 0) is 12.5 Å². The summed E-state index contributed by atoms with van der Waals surface area (Å²) in [6.45, 7) is 2.32. The molecule has 0 spiro atoms. The molecule has 0 aromatic heterocycles. The number of amides is 3. The molecular weight excluding hydrogens is 322 g/mol. The van der Waals surface area contributed by atoms with Crippen molar-refractivity contribution in [2.24, 2.45) is 5.92 Å². The molecule has 1 aliphatic rings. The highest BCUT2D eigenvalue weighted by Gasteiger charge is 2.33. The average molecular weight is 347 g/mol. The summed E-state index contributed by atoms with van der Waals surface area (Å²) in [6.07, 6.45) is 0.913. The van der Waals surface area contributed by atoms with Gasteiger partial charge in [0.1, 0.15) is 5.75 Å². The number of nitrogens with one attached hydrogen (secondary N) is 2. The topological polar surface area (TPSA) is 87.7 Å². The van der Waals surface area contributed by atoms with Crippen molar-refractivity contribution in [3.63, 3.8) is 0 Å². The lowest BCUT2D eigenvalue weighted by Gasteiger charge is -2.22. The number of hydrogen-bond donors (Lipinski definition) is 2. The van der Waals surface area contributed by atoms with Crippen LogP contribution in [-0.2, 0) is 14.4 Å². The molecular formula is C18H25N3O4. The number of ether oxygens (including phenoxy) is 1. The lowest BCUT2D eigenvalue weighted by atomic mass is 10.0. The Balaban J connectivity index is 2.08. The van der Waals surface area contributed by atoms with E-state index in [9.17, 15) is 14.4 Å². The van der Waals surface area contributed by atoms with E-state index in [1.807, 2.05) is 25.1 Å². The second kappa shape index (κ2) is 8.50. The fourth-order valence-corrected chi connectivity index (χ4v) is 2.84. The average Bonchev–Trinajstić information content (AvgIpc) is 2.96. The van der Waals surface area contributed by atoms with Crippen LogP contribution in [0.3, 0.4) is 0 Å². The van der Waals surface area contributed by atoms with Crippen LogP contribution in [0.4, 0.5) is 0 Å². The highest BCUT2D eigenvalue weighted by atomic mass is 16.5. The van der Waals surface area contributed by atoms with E-state index in [0.717, 1.165) is 5.56 Å². The first-order valence-corrected chi connectivity index (χ1v) is 8.42. The van der Waals surface area contributed by atoms with Crippen LogP contribution in [0.15, 0.2) is 24.3 Å². The SMILES string of the molecule is CCC(NC(=O)C1CC(=O)N(C)C1)c1ccccc1OCC(=O)NC. The number of likely N-dealkylation sites (N-methyl/N-ethyl adjacent to an activating group) is 1. The van der Waals surface area contributed by atoms with Gasteiger partial charge in [-0.3, -0.25) is 14.4 Å². The number of nitrogens with zero attached hydrogens (tertiary/aromatic N) is 1. The van der Waals surface area contributed by atoms with Gasteiger partial charge in [0.2, 0.25) is 11.8 Å². The first-order valence-electron chi connectivity index (χ1n) is 8.42. The van der Waals surface area contributed by atoms with Gasteiger partial charge in [0.15, 0.2) is 6.61 Å². The zero-order chi connectivity index (χ0) is 18.4. The highest BCUT2D eigenvalue weighted by molar-refractivity contribution is 5.89. The van der Waals surface area contributed by atoms with Gasteiger partial charge in [-0.2, -0.15) is 0 Å². The van der Waals surface area contributed by atoms with E-state index in [1.165, 1.54) is 0 Å². The number of hydrogen-bond acceptors (Lipinski definition) is 4. The van der Waals surface area contributed by atoms with Gasteiger partial charge >= 0.3 is 0 Å². The van der Waals surface area contributed by atoms with Crippen molar-refractivity contribution in [3.05, 3.63) is 29.8 Å². The fraction of sp³-hybridized carbons (Fsp3) is 0.500. The van der Waals surface area contributed by atoms with Crippen LogP contribution in [0, 0.1) is 5.92 Å². The van der Waals surface area contributed by atoms with Crippen LogP contribution in [0.1, 0.15) is 31.4 Å². The standard InChI is InChI=1S/C18H25N3O4/c1-4-14(20-18(24)12-9-17(23)21(3)10-12)13-7-5-6-8-15(13)25-11-16(22)19-2/h5-8,12,14H,4,9-11H2,1-3H3,(H,19,22)(H,20,24). The van der Waals surface area contributed by atoms with Crippen LogP contribution in [0.25, 0.3) is 0 Å². The van der Waals surface area contributed by atoms with Crippen molar-refractivity contribution in [3.8, 4) is 5.75 Å². The van der Waals surface area contributed by atoms with Gasteiger partial charge in [0.25, 0.3) is 5.91 Å². The molecule has 136 valence electrons. The van der Waals surface area contributed by atoms with E-state index in [-0.39, 0.29) is 42.7 Å².